The highest BCUT2D eigenvalue weighted by atomic mass is 32.2. The van der Waals surface area contributed by atoms with Crippen LogP contribution in [0, 0.1) is 0 Å². The Kier molecular flexibility index (Phi) is 6.12. The second-order valence-electron chi connectivity index (χ2n) is 5.04. The van der Waals surface area contributed by atoms with Crippen LogP contribution in [0.3, 0.4) is 0 Å². The highest BCUT2D eigenvalue weighted by Gasteiger charge is 2.32. The molecule has 1 heterocycles. The minimum Gasteiger partial charge on any atom is -0.480 e. The van der Waals surface area contributed by atoms with Gasteiger partial charge in [-0.1, -0.05) is 73.7 Å². The second-order valence-corrected chi connectivity index (χ2v) is 6.71. The first-order valence-corrected chi connectivity index (χ1v) is 8.46. The third-order valence-electron chi connectivity index (χ3n) is 3.19. The van der Waals surface area contributed by atoms with Crippen molar-refractivity contribution in [3.05, 3.63) is 52.4 Å². The normalized spacial score (nSPS) is 16.7. The predicted molar refractivity (Wildman–Crippen MR) is 97.1 cm³/mol. The summed E-state index contributed by atoms with van der Waals surface area (Å²) in [5, 5.41) is 8.79. The summed E-state index contributed by atoms with van der Waals surface area (Å²) in [7, 11) is 0. The standard InChI is InChI=1S/C17H17NO3S2/c1-2-5-12-6-3-7-13(10-12)8-4-9-14-16(21)18(11-15(19)20)17(22)23-14/h3-4,6-10H,2,5,11H2,1H3,(H,19,20). The van der Waals surface area contributed by atoms with E-state index in [4.69, 9.17) is 17.3 Å². The number of hydrogen-bond acceptors (Lipinski definition) is 4. The van der Waals surface area contributed by atoms with Gasteiger partial charge in [0.05, 0.1) is 4.91 Å². The van der Waals surface area contributed by atoms with Gasteiger partial charge in [0.15, 0.2) is 0 Å². The molecule has 1 fully saturated rings. The van der Waals surface area contributed by atoms with Gasteiger partial charge in [0, 0.05) is 0 Å². The van der Waals surface area contributed by atoms with Crippen LogP contribution in [0.5, 0.6) is 0 Å². The van der Waals surface area contributed by atoms with Gasteiger partial charge in [-0.25, -0.2) is 0 Å². The number of carboxylic acids is 1. The Morgan fingerprint density at radius 2 is 2.22 bits per heavy atom. The molecule has 0 saturated carbocycles. The van der Waals surface area contributed by atoms with Crippen molar-refractivity contribution < 1.29 is 14.7 Å². The Bertz CT molecular complexity index is 695. The van der Waals surface area contributed by atoms with Crippen molar-refractivity contribution in [1.29, 1.82) is 0 Å². The molecule has 0 radical (unpaired) electrons. The summed E-state index contributed by atoms with van der Waals surface area (Å²) in [6.07, 6.45) is 7.52. The molecule has 0 atom stereocenters. The number of carboxylic acid groups (broad SMARTS) is 1. The lowest BCUT2D eigenvalue weighted by molar-refractivity contribution is -0.140. The van der Waals surface area contributed by atoms with Crippen molar-refractivity contribution in [2.75, 3.05) is 6.54 Å². The average molecular weight is 347 g/mol. The smallest absolute Gasteiger partial charge is 0.323 e. The Labute approximate surface area is 144 Å². The summed E-state index contributed by atoms with van der Waals surface area (Å²) in [5.74, 6) is -1.43. The predicted octanol–water partition coefficient (Wildman–Crippen LogP) is 3.48. The van der Waals surface area contributed by atoms with E-state index in [1.807, 2.05) is 18.2 Å². The number of nitrogens with zero attached hydrogens (tertiary/aromatic N) is 1. The minimum atomic E-state index is -1.08. The number of thioether (sulfide) groups is 1. The lowest BCUT2D eigenvalue weighted by Gasteiger charge is -2.09. The van der Waals surface area contributed by atoms with Crippen molar-refractivity contribution in [3.63, 3.8) is 0 Å². The summed E-state index contributed by atoms with van der Waals surface area (Å²) in [6.45, 7) is 1.74. The van der Waals surface area contributed by atoms with E-state index in [1.165, 1.54) is 5.56 Å². The lowest BCUT2D eigenvalue weighted by atomic mass is 10.1. The van der Waals surface area contributed by atoms with Gasteiger partial charge < -0.3 is 5.11 Å². The van der Waals surface area contributed by atoms with E-state index in [-0.39, 0.29) is 10.2 Å². The van der Waals surface area contributed by atoms with Gasteiger partial charge in [0.1, 0.15) is 10.9 Å². The van der Waals surface area contributed by atoms with Gasteiger partial charge >= 0.3 is 5.97 Å². The van der Waals surface area contributed by atoms with Crippen molar-refractivity contribution in [2.24, 2.45) is 0 Å². The van der Waals surface area contributed by atoms with Crippen molar-refractivity contribution >= 4 is 46.3 Å². The fourth-order valence-corrected chi connectivity index (χ4v) is 3.38. The number of amides is 1. The average Bonchev–Trinajstić information content (AvgIpc) is 2.75. The Morgan fingerprint density at radius 3 is 2.91 bits per heavy atom. The molecular weight excluding hydrogens is 330 g/mol. The van der Waals surface area contributed by atoms with Gasteiger partial charge in [-0.3, -0.25) is 14.5 Å². The monoisotopic (exact) mass is 347 g/mol. The number of carbonyl (C=O) groups is 2. The molecule has 1 N–H and O–H groups in total. The zero-order valence-electron chi connectivity index (χ0n) is 12.7. The van der Waals surface area contributed by atoms with Crippen LogP contribution < -0.4 is 0 Å². The van der Waals surface area contributed by atoms with E-state index < -0.39 is 12.5 Å². The Balaban J connectivity index is 2.08. The number of allylic oxidation sites excluding steroid dienone is 2. The van der Waals surface area contributed by atoms with Crippen LogP contribution in [0.15, 0.2) is 41.3 Å². The number of hydrogen-bond donors (Lipinski definition) is 1. The number of rotatable bonds is 6. The van der Waals surface area contributed by atoms with Crippen molar-refractivity contribution in [1.82, 2.24) is 4.90 Å². The van der Waals surface area contributed by atoms with Crippen LogP contribution in [0.25, 0.3) is 6.08 Å². The van der Waals surface area contributed by atoms with Gasteiger partial charge in [0.2, 0.25) is 0 Å². The molecule has 1 aliphatic heterocycles. The number of benzene rings is 1. The van der Waals surface area contributed by atoms with Crippen LogP contribution in [0.1, 0.15) is 24.5 Å². The zero-order valence-corrected chi connectivity index (χ0v) is 14.3. The fourth-order valence-electron chi connectivity index (χ4n) is 2.17. The largest absolute Gasteiger partial charge is 0.480 e. The van der Waals surface area contributed by atoms with Crippen LogP contribution >= 0.6 is 24.0 Å². The summed E-state index contributed by atoms with van der Waals surface area (Å²) in [6, 6.07) is 8.22. The van der Waals surface area contributed by atoms with E-state index in [0.717, 1.165) is 35.1 Å². The Hall–Kier alpha value is -1.92. The van der Waals surface area contributed by atoms with Crippen molar-refractivity contribution in [2.45, 2.75) is 19.8 Å². The molecule has 2 rings (SSSR count). The summed E-state index contributed by atoms with van der Waals surface area (Å²) in [4.78, 5) is 24.4. The number of aliphatic carboxylic acids is 1. The van der Waals surface area contributed by atoms with Crippen LogP contribution in [0.2, 0.25) is 0 Å². The lowest BCUT2D eigenvalue weighted by Crippen LogP contribution is -2.33. The third-order valence-corrected chi connectivity index (χ3v) is 4.59. The highest BCUT2D eigenvalue weighted by Crippen LogP contribution is 2.30. The first-order valence-electron chi connectivity index (χ1n) is 7.24. The molecule has 0 aromatic heterocycles. The highest BCUT2D eigenvalue weighted by molar-refractivity contribution is 8.26. The maximum Gasteiger partial charge on any atom is 0.323 e. The Morgan fingerprint density at radius 1 is 1.43 bits per heavy atom. The van der Waals surface area contributed by atoms with E-state index in [2.05, 4.69) is 19.1 Å². The van der Waals surface area contributed by atoms with E-state index >= 15 is 0 Å². The molecular formula is C17H17NO3S2. The quantitative estimate of drug-likeness (QED) is 0.631. The topological polar surface area (TPSA) is 57.6 Å². The molecule has 1 aromatic carbocycles. The number of thiocarbonyl (C=S) groups is 1. The van der Waals surface area contributed by atoms with Crippen LogP contribution in [-0.4, -0.2) is 32.7 Å². The zero-order chi connectivity index (χ0) is 16.8. The molecule has 1 saturated heterocycles. The molecule has 1 amide bonds. The molecule has 0 aliphatic carbocycles. The number of carbonyl (C=O) groups excluding carboxylic acids is 1. The van der Waals surface area contributed by atoms with Gasteiger partial charge in [-0.05, 0) is 23.6 Å². The molecule has 1 aliphatic rings. The summed E-state index contributed by atoms with van der Waals surface area (Å²) >= 11 is 6.17. The summed E-state index contributed by atoms with van der Waals surface area (Å²) < 4.78 is 0.280. The summed E-state index contributed by atoms with van der Waals surface area (Å²) in [5.41, 5.74) is 2.34. The molecule has 0 bridgehead atoms. The molecule has 0 spiro atoms. The first kappa shape index (κ1) is 17.4. The molecule has 23 heavy (non-hydrogen) atoms. The van der Waals surface area contributed by atoms with Crippen LogP contribution in [0.4, 0.5) is 0 Å². The van der Waals surface area contributed by atoms with E-state index in [1.54, 1.807) is 12.2 Å². The maximum atomic E-state index is 12.1. The molecule has 1 aromatic rings. The molecule has 6 heteroatoms. The van der Waals surface area contributed by atoms with E-state index in [0.29, 0.717) is 4.91 Å². The third kappa shape index (κ3) is 4.77. The van der Waals surface area contributed by atoms with Crippen LogP contribution in [-0.2, 0) is 16.0 Å². The van der Waals surface area contributed by atoms with Gasteiger partial charge in [-0.2, -0.15) is 0 Å². The second kappa shape index (κ2) is 8.08. The van der Waals surface area contributed by atoms with Gasteiger partial charge in [-0.15, -0.1) is 0 Å². The molecule has 120 valence electrons. The first-order chi connectivity index (χ1) is 11.0. The molecule has 0 unspecified atom stereocenters. The number of aryl methyl sites for hydroxylation is 1. The van der Waals surface area contributed by atoms with Crippen molar-refractivity contribution in [3.8, 4) is 0 Å². The molecule has 4 nitrogen and oxygen atoms in total. The minimum absolute atomic E-state index is 0.280. The fraction of sp³-hybridized carbons (Fsp3) is 0.235. The van der Waals surface area contributed by atoms with Gasteiger partial charge in [0.25, 0.3) is 5.91 Å². The SMILES string of the molecule is CCCc1cccc(C=CC=C2SC(=S)N(CC(=O)O)C2=O)c1. The van der Waals surface area contributed by atoms with E-state index in [9.17, 15) is 9.59 Å². The maximum absolute atomic E-state index is 12.1.